The van der Waals surface area contributed by atoms with E-state index in [0.29, 0.717) is 11.4 Å². The van der Waals surface area contributed by atoms with Crippen LogP contribution in [0, 0.1) is 12.8 Å². The maximum Gasteiger partial charge on any atom is 0.329 e. The molecule has 0 aliphatic carbocycles. The fourth-order valence-corrected chi connectivity index (χ4v) is 2.96. The van der Waals surface area contributed by atoms with Crippen LogP contribution in [0.2, 0.25) is 0 Å². The molecular formula is C24H30N2O5. The van der Waals surface area contributed by atoms with E-state index in [2.05, 4.69) is 10.6 Å². The van der Waals surface area contributed by atoms with Gasteiger partial charge in [0.05, 0.1) is 19.2 Å². The second kappa shape index (κ2) is 11.2. The summed E-state index contributed by atoms with van der Waals surface area (Å²) >= 11 is 0. The Morgan fingerprint density at radius 1 is 1.00 bits per heavy atom. The van der Waals surface area contributed by atoms with Gasteiger partial charge in [0.25, 0.3) is 5.91 Å². The molecule has 0 unspecified atom stereocenters. The third-order valence-electron chi connectivity index (χ3n) is 4.72. The molecule has 2 atom stereocenters. The molecule has 2 aromatic rings. The van der Waals surface area contributed by atoms with Gasteiger partial charge in [0.1, 0.15) is 11.8 Å². The molecule has 2 N–H and O–H groups in total. The van der Waals surface area contributed by atoms with Gasteiger partial charge in [-0.25, -0.2) is 4.79 Å². The number of hydrogen-bond acceptors (Lipinski definition) is 5. The van der Waals surface area contributed by atoms with E-state index in [1.165, 1.54) is 14.0 Å². The van der Waals surface area contributed by atoms with E-state index in [4.69, 9.17) is 9.47 Å². The molecule has 2 amide bonds. The molecule has 2 rings (SSSR count). The van der Waals surface area contributed by atoms with Crippen LogP contribution in [0.15, 0.2) is 48.5 Å². The SMILES string of the molecule is COc1ccc(C)cc1NC(=O)[C@@H](C)OC(=O)[C@@H](NC(=O)Cc1ccccc1)C(C)C. The van der Waals surface area contributed by atoms with Crippen molar-refractivity contribution in [2.75, 3.05) is 12.4 Å². The third kappa shape index (κ3) is 7.13. The first-order valence-electron chi connectivity index (χ1n) is 10.2. The summed E-state index contributed by atoms with van der Waals surface area (Å²) in [5, 5.41) is 5.44. The van der Waals surface area contributed by atoms with Crippen LogP contribution in [0.1, 0.15) is 31.9 Å². The highest BCUT2D eigenvalue weighted by Gasteiger charge is 2.29. The molecule has 0 spiro atoms. The van der Waals surface area contributed by atoms with Crippen LogP contribution in [0.4, 0.5) is 5.69 Å². The van der Waals surface area contributed by atoms with E-state index < -0.39 is 24.0 Å². The standard InChI is InChI=1S/C24H30N2O5/c1-15(2)22(26-21(27)14-18-9-7-6-8-10-18)24(29)31-17(4)23(28)25-19-13-16(3)11-12-20(19)30-5/h6-13,15,17,22H,14H2,1-5H3,(H,25,28)(H,26,27)/t17-,22+/m1/s1. The largest absolute Gasteiger partial charge is 0.495 e. The molecule has 166 valence electrons. The van der Waals surface area contributed by atoms with Gasteiger partial charge in [-0.3, -0.25) is 9.59 Å². The molecule has 0 bridgehead atoms. The summed E-state index contributed by atoms with van der Waals surface area (Å²) in [7, 11) is 1.51. The normalized spacial score (nSPS) is 12.6. The maximum absolute atomic E-state index is 12.7. The van der Waals surface area contributed by atoms with Crippen LogP contribution in [-0.2, 0) is 25.5 Å². The zero-order chi connectivity index (χ0) is 23.0. The van der Waals surface area contributed by atoms with E-state index in [-0.39, 0.29) is 18.2 Å². The first kappa shape index (κ1) is 23.9. The van der Waals surface area contributed by atoms with Gasteiger partial charge >= 0.3 is 5.97 Å². The third-order valence-corrected chi connectivity index (χ3v) is 4.72. The Kier molecular flexibility index (Phi) is 8.61. The summed E-state index contributed by atoms with van der Waals surface area (Å²) in [6.07, 6.45) is -0.898. The second-order valence-electron chi connectivity index (χ2n) is 7.72. The Morgan fingerprint density at radius 3 is 2.29 bits per heavy atom. The van der Waals surface area contributed by atoms with Crippen molar-refractivity contribution >= 4 is 23.5 Å². The summed E-state index contributed by atoms with van der Waals surface area (Å²) in [4.78, 5) is 37.6. The van der Waals surface area contributed by atoms with Crippen LogP contribution in [0.3, 0.4) is 0 Å². The van der Waals surface area contributed by atoms with Gasteiger partial charge in [0.15, 0.2) is 6.10 Å². The molecule has 0 radical (unpaired) electrons. The van der Waals surface area contributed by atoms with Gasteiger partial charge in [-0.1, -0.05) is 50.2 Å². The van der Waals surface area contributed by atoms with Crippen molar-refractivity contribution in [3.63, 3.8) is 0 Å². The van der Waals surface area contributed by atoms with Gasteiger partial charge < -0.3 is 20.1 Å². The highest BCUT2D eigenvalue weighted by atomic mass is 16.5. The Hall–Kier alpha value is -3.35. The van der Waals surface area contributed by atoms with E-state index >= 15 is 0 Å². The van der Waals surface area contributed by atoms with E-state index in [9.17, 15) is 14.4 Å². The molecule has 0 aliphatic heterocycles. The Bertz CT molecular complexity index is 911. The Morgan fingerprint density at radius 2 is 1.68 bits per heavy atom. The van der Waals surface area contributed by atoms with Crippen molar-refractivity contribution < 1.29 is 23.9 Å². The van der Waals surface area contributed by atoms with Crippen LogP contribution >= 0.6 is 0 Å². The van der Waals surface area contributed by atoms with Crippen molar-refractivity contribution in [2.24, 2.45) is 5.92 Å². The summed E-state index contributed by atoms with van der Waals surface area (Å²) in [6, 6.07) is 13.8. The highest BCUT2D eigenvalue weighted by molar-refractivity contribution is 5.97. The fourth-order valence-electron chi connectivity index (χ4n) is 2.96. The molecule has 0 fully saturated rings. The van der Waals surface area contributed by atoms with Crippen LogP contribution in [-0.4, -0.2) is 37.0 Å². The second-order valence-corrected chi connectivity index (χ2v) is 7.72. The molecule has 2 aromatic carbocycles. The van der Waals surface area contributed by atoms with E-state index in [0.717, 1.165) is 11.1 Å². The fraction of sp³-hybridized carbons (Fsp3) is 0.375. The number of carbonyl (C=O) groups is 3. The zero-order valence-corrected chi connectivity index (χ0v) is 18.6. The molecular weight excluding hydrogens is 396 g/mol. The summed E-state index contributed by atoms with van der Waals surface area (Å²) in [5.41, 5.74) is 2.28. The molecule has 0 aromatic heterocycles. The van der Waals surface area contributed by atoms with Gasteiger partial charge in [-0.05, 0) is 43.0 Å². The van der Waals surface area contributed by atoms with Crippen molar-refractivity contribution in [3.05, 3.63) is 59.7 Å². The monoisotopic (exact) mass is 426 g/mol. The first-order valence-corrected chi connectivity index (χ1v) is 10.2. The molecule has 31 heavy (non-hydrogen) atoms. The average molecular weight is 427 g/mol. The number of hydrogen-bond donors (Lipinski definition) is 2. The number of aryl methyl sites for hydroxylation is 1. The quantitative estimate of drug-likeness (QED) is 0.601. The van der Waals surface area contributed by atoms with Gasteiger partial charge in [0.2, 0.25) is 5.91 Å². The smallest absolute Gasteiger partial charge is 0.329 e. The van der Waals surface area contributed by atoms with Crippen molar-refractivity contribution in [3.8, 4) is 5.75 Å². The number of nitrogens with one attached hydrogen (secondary N) is 2. The lowest BCUT2D eigenvalue weighted by molar-refractivity contribution is -0.157. The van der Waals surface area contributed by atoms with Gasteiger partial charge in [0, 0.05) is 0 Å². The lowest BCUT2D eigenvalue weighted by Gasteiger charge is -2.23. The number of carbonyl (C=O) groups excluding carboxylic acids is 3. The summed E-state index contributed by atoms with van der Waals surface area (Å²) in [5.74, 6) is -1.14. The predicted octanol–water partition coefficient (Wildman–Crippen LogP) is 3.26. The van der Waals surface area contributed by atoms with Crippen LogP contribution in [0.5, 0.6) is 5.75 Å². The minimum Gasteiger partial charge on any atom is -0.495 e. The lowest BCUT2D eigenvalue weighted by Crippen LogP contribution is -2.47. The summed E-state index contributed by atoms with van der Waals surface area (Å²) < 4.78 is 10.6. The van der Waals surface area contributed by atoms with Crippen molar-refractivity contribution in [2.45, 2.75) is 46.3 Å². The topological polar surface area (TPSA) is 93.7 Å². The number of anilines is 1. The Labute approximate surface area is 183 Å². The number of benzene rings is 2. The lowest BCUT2D eigenvalue weighted by atomic mass is 10.0. The predicted molar refractivity (Wildman–Crippen MR) is 119 cm³/mol. The minimum absolute atomic E-state index is 0.153. The molecule has 0 saturated carbocycles. The van der Waals surface area contributed by atoms with Crippen LogP contribution in [0.25, 0.3) is 0 Å². The van der Waals surface area contributed by atoms with E-state index in [1.54, 1.807) is 26.0 Å². The maximum atomic E-state index is 12.7. The molecule has 0 heterocycles. The number of ether oxygens (including phenoxy) is 2. The molecule has 0 aliphatic rings. The molecule has 7 nitrogen and oxygen atoms in total. The first-order chi connectivity index (χ1) is 14.7. The van der Waals surface area contributed by atoms with Crippen molar-refractivity contribution in [1.29, 1.82) is 0 Å². The number of rotatable bonds is 9. The number of methoxy groups -OCH3 is 1. The van der Waals surface area contributed by atoms with Crippen molar-refractivity contribution in [1.82, 2.24) is 5.32 Å². The van der Waals surface area contributed by atoms with Gasteiger partial charge in [-0.2, -0.15) is 0 Å². The Balaban J connectivity index is 1.98. The number of esters is 1. The highest BCUT2D eigenvalue weighted by Crippen LogP contribution is 2.25. The zero-order valence-electron chi connectivity index (χ0n) is 18.6. The van der Waals surface area contributed by atoms with Crippen LogP contribution < -0.4 is 15.4 Å². The molecule has 0 saturated heterocycles. The minimum atomic E-state index is -1.05. The number of amides is 2. The van der Waals surface area contributed by atoms with E-state index in [1.807, 2.05) is 43.3 Å². The average Bonchev–Trinajstić information content (AvgIpc) is 2.72. The molecule has 7 heteroatoms. The summed E-state index contributed by atoms with van der Waals surface area (Å²) in [6.45, 7) is 6.98. The van der Waals surface area contributed by atoms with Gasteiger partial charge in [-0.15, -0.1) is 0 Å².